The molecule has 0 saturated heterocycles. The van der Waals surface area contributed by atoms with Gasteiger partial charge in [0.05, 0.1) is 25.2 Å². The van der Waals surface area contributed by atoms with Gasteiger partial charge in [-0.3, -0.25) is 4.79 Å². The van der Waals surface area contributed by atoms with E-state index in [4.69, 9.17) is 4.74 Å². The van der Waals surface area contributed by atoms with Crippen molar-refractivity contribution in [3.8, 4) is 0 Å². The van der Waals surface area contributed by atoms with E-state index in [1.165, 1.54) is 23.5 Å². The molecule has 3 aromatic carbocycles. The summed E-state index contributed by atoms with van der Waals surface area (Å²) in [5.74, 6) is -0.846. The molecule has 11 heteroatoms. The van der Waals surface area contributed by atoms with Crippen LogP contribution in [0.4, 0.5) is 4.79 Å². The van der Waals surface area contributed by atoms with Gasteiger partial charge in [-0.05, 0) is 54.5 Å². The third-order valence-electron chi connectivity index (χ3n) is 8.11. The molecule has 0 aliphatic heterocycles. The Morgan fingerprint density at radius 2 is 1.41 bits per heavy atom. The van der Waals surface area contributed by atoms with Gasteiger partial charge in [-0.1, -0.05) is 93.1 Å². The maximum absolute atomic E-state index is 14.0. The van der Waals surface area contributed by atoms with Crippen molar-refractivity contribution in [2.75, 3.05) is 20.3 Å². The number of carbonyl (C=O) groups excluding carboxylic acids is 2. The maximum atomic E-state index is 14.0. The van der Waals surface area contributed by atoms with E-state index in [2.05, 4.69) is 10.6 Å². The number of hydrogen-bond acceptors (Lipinski definition) is 7. The Kier molecular flexibility index (Phi) is 14.7. The number of aliphatic hydroxyl groups excluding tert-OH is 2. The van der Waals surface area contributed by atoms with Crippen LogP contribution in [0.15, 0.2) is 89.8 Å². The van der Waals surface area contributed by atoms with Gasteiger partial charge >= 0.3 is 6.09 Å². The van der Waals surface area contributed by atoms with Crippen molar-refractivity contribution in [1.82, 2.24) is 14.9 Å². The highest BCUT2D eigenvalue weighted by Gasteiger charge is 2.34. The van der Waals surface area contributed by atoms with Crippen LogP contribution in [0, 0.1) is 0 Å². The van der Waals surface area contributed by atoms with E-state index >= 15 is 0 Å². The van der Waals surface area contributed by atoms with Crippen molar-refractivity contribution in [1.29, 1.82) is 0 Å². The number of nitrogens with zero attached hydrogens (tertiary/aromatic N) is 1. The fourth-order valence-corrected chi connectivity index (χ4v) is 7.42. The van der Waals surface area contributed by atoms with E-state index in [0.29, 0.717) is 31.2 Å². The summed E-state index contributed by atoms with van der Waals surface area (Å²) in [6, 6.07) is 23.2. The number of sulfonamides is 1. The van der Waals surface area contributed by atoms with E-state index in [1.807, 2.05) is 67.6 Å². The van der Waals surface area contributed by atoms with E-state index in [9.17, 15) is 28.2 Å². The van der Waals surface area contributed by atoms with Crippen molar-refractivity contribution >= 4 is 22.0 Å². The first-order chi connectivity index (χ1) is 22.2. The molecule has 2 amide bonds. The van der Waals surface area contributed by atoms with Crippen molar-refractivity contribution < 1.29 is 33.0 Å². The molecule has 0 aliphatic rings. The van der Waals surface area contributed by atoms with Crippen LogP contribution < -0.4 is 10.6 Å². The number of carbonyl (C=O) groups is 2. The largest absolute Gasteiger partial charge is 0.453 e. The van der Waals surface area contributed by atoms with Crippen LogP contribution in [0.3, 0.4) is 0 Å². The molecule has 0 heterocycles. The topological polar surface area (TPSA) is 145 Å². The maximum Gasteiger partial charge on any atom is 0.407 e. The molecule has 46 heavy (non-hydrogen) atoms. The third-order valence-corrected chi connectivity index (χ3v) is 10.1. The third kappa shape index (κ3) is 9.86. The molecule has 0 saturated carbocycles. The smallest absolute Gasteiger partial charge is 0.407 e. The molecular weight excluding hydrogens is 606 g/mol. The Bertz CT molecular complexity index is 1420. The number of hydrogen-bond donors (Lipinski definition) is 4. The summed E-state index contributed by atoms with van der Waals surface area (Å²) in [6.45, 7) is 3.38. The van der Waals surface area contributed by atoms with Crippen LogP contribution in [-0.4, -0.2) is 73.3 Å². The van der Waals surface area contributed by atoms with Crippen molar-refractivity contribution in [3.63, 3.8) is 0 Å². The Balaban J connectivity index is 1.78. The first-order valence-corrected chi connectivity index (χ1v) is 17.2. The van der Waals surface area contributed by atoms with Gasteiger partial charge < -0.3 is 25.6 Å². The summed E-state index contributed by atoms with van der Waals surface area (Å²) < 4.78 is 33.1. The fourth-order valence-electron chi connectivity index (χ4n) is 5.77. The number of nitrogens with one attached hydrogen (secondary N) is 2. The standard InChI is InChI=1S/C35H47N3O7S/c1-4-13-29(18-12-19-30(25-40)38(5-2)46(43,44)31-22-20-26(24-39)21-23-31)36-34(41)33(37-35(42)45-3)32(27-14-8-6-9-15-27)28-16-10-7-11-17-28/h6-11,14-17,20-23,29-30,32-33,39-40H,4-5,12-13,18-19,24-25H2,1-3H3,(H,36,41)(H,37,42)/t29-,30-,33-/m0/s1. The van der Waals surface area contributed by atoms with Gasteiger partial charge in [0.15, 0.2) is 0 Å². The SMILES string of the molecule is CCC[C@@H](CCC[C@@H](CO)N(CC)S(=O)(=O)c1ccc(CO)cc1)NC(=O)[C@@H](NC(=O)OC)C(c1ccccc1)c1ccccc1. The van der Waals surface area contributed by atoms with Crippen LogP contribution in [0.25, 0.3) is 0 Å². The van der Waals surface area contributed by atoms with Gasteiger partial charge in [-0.2, -0.15) is 4.31 Å². The summed E-state index contributed by atoms with van der Waals surface area (Å²) in [4.78, 5) is 26.6. The molecule has 0 aliphatic carbocycles. The average molecular weight is 654 g/mol. The minimum Gasteiger partial charge on any atom is -0.453 e. The molecule has 0 radical (unpaired) electrons. The summed E-state index contributed by atoms with van der Waals surface area (Å²) in [6.07, 6.45) is 2.22. The summed E-state index contributed by atoms with van der Waals surface area (Å²) in [5, 5.41) is 25.5. The van der Waals surface area contributed by atoms with Gasteiger partial charge in [0, 0.05) is 24.5 Å². The van der Waals surface area contributed by atoms with Crippen LogP contribution in [0.5, 0.6) is 0 Å². The lowest BCUT2D eigenvalue weighted by atomic mass is 9.84. The zero-order valence-corrected chi connectivity index (χ0v) is 27.7. The highest BCUT2D eigenvalue weighted by atomic mass is 32.2. The predicted molar refractivity (Wildman–Crippen MR) is 178 cm³/mol. The first-order valence-electron chi connectivity index (χ1n) is 15.8. The zero-order chi connectivity index (χ0) is 33.5. The highest BCUT2D eigenvalue weighted by molar-refractivity contribution is 7.89. The first kappa shape index (κ1) is 36.7. The minimum absolute atomic E-state index is 0.0941. The second kappa shape index (κ2) is 18.4. The Morgan fingerprint density at radius 1 is 0.826 bits per heavy atom. The average Bonchev–Trinajstić information content (AvgIpc) is 3.08. The second-order valence-corrected chi connectivity index (χ2v) is 13.1. The van der Waals surface area contributed by atoms with E-state index < -0.39 is 34.1 Å². The summed E-state index contributed by atoms with van der Waals surface area (Å²) >= 11 is 0. The van der Waals surface area contributed by atoms with Gasteiger partial charge in [0.1, 0.15) is 6.04 Å². The molecule has 4 N–H and O–H groups in total. The highest BCUT2D eigenvalue weighted by Crippen LogP contribution is 2.29. The normalized spacial score (nSPS) is 13.6. The Hall–Kier alpha value is -3.77. The van der Waals surface area contributed by atoms with Crippen molar-refractivity contribution in [2.24, 2.45) is 0 Å². The number of likely N-dealkylation sites (N-methyl/N-ethyl adjacent to an activating group) is 1. The Labute approximate surface area is 272 Å². The van der Waals surface area contributed by atoms with Crippen LogP contribution in [0.2, 0.25) is 0 Å². The molecule has 0 aromatic heterocycles. The summed E-state index contributed by atoms with van der Waals surface area (Å²) in [7, 11) is -2.63. The van der Waals surface area contributed by atoms with Gasteiger partial charge in [0.25, 0.3) is 0 Å². The molecular formula is C35H47N3O7S. The van der Waals surface area contributed by atoms with Gasteiger partial charge in [-0.15, -0.1) is 0 Å². The molecule has 0 unspecified atom stereocenters. The van der Waals surface area contributed by atoms with Gasteiger partial charge in [0.2, 0.25) is 15.9 Å². The van der Waals surface area contributed by atoms with Crippen LogP contribution >= 0.6 is 0 Å². The van der Waals surface area contributed by atoms with E-state index in [0.717, 1.165) is 17.5 Å². The number of ether oxygens (including phenoxy) is 1. The van der Waals surface area contributed by atoms with Crippen molar-refractivity contribution in [2.45, 2.75) is 81.5 Å². The minimum atomic E-state index is -3.89. The number of methoxy groups -OCH3 is 1. The fraction of sp³-hybridized carbons (Fsp3) is 0.429. The van der Waals surface area contributed by atoms with E-state index in [-0.39, 0.29) is 36.6 Å². The van der Waals surface area contributed by atoms with Crippen LogP contribution in [0.1, 0.15) is 68.6 Å². The molecule has 3 rings (SSSR count). The second-order valence-electron chi connectivity index (χ2n) is 11.2. The molecule has 10 nitrogen and oxygen atoms in total. The number of aliphatic hydroxyl groups is 2. The lowest BCUT2D eigenvalue weighted by molar-refractivity contribution is -0.124. The molecule has 0 bridgehead atoms. The lowest BCUT2D eigenvalue weighted by Gasteiger charge is -2.31. The molecule has 3 aromatic rings. The quantitative estimate of drug-likeness (QED) is 0.158. The number of amides is 2. The van der Waals surface area contributed by atoms with Gasteiger partial charge in [-0.25, -0.2) is 13.2 Å². The molecule has 0 fully saturated rings. The predicted octanol–water partition coefficient (Wildman–Crippen LogP) is 4.56. The number of alkyl carbamates (subject to hydrolysis) is 1. The Morgan fingerprint density at radius 3 is 1.89 bits per heavy atom. The molecule has 250 valence electrons. The molecule has 0 spiro atoms. The zero-order valence-electron chi connectivity index (χ0n) is 26.8. The van der Waals surface area contributed by atoms with Crippen LogP contribution in [-0.2, 0) is 26.2 Å². The monoisotopic (exact) mass is 653 g/mol. The lowest BCUT2D eigenvalue weighted by Crippen LogP contribution is -2.52. The van der Waals surface area contributed by atoms with E-state index in [1.54, 1.807) is 19.1 Å². The summed E-state index contributed by atoms with van der Waals surface area (Å²) in [5.41, 5.74) is 2.32. The number of benzene rings is 3. The molecule has 3 atom stereocenters. The number of rotatable bonds is 18. The van der Waals surface area contributed by atoms with Crippen molar-refractivity contribution in [3.05, 3.63) is 102 Å².